The fourth-order valence-corrected chi connectivity index (χ4v) is 3.37. The van der Waals surface area contributed by atoms with Crippen LogP contribution in [0.1, 0.15) is 47.0 Å². The van der Waals surface area contributed by atoms with E-state index in [1.54, 1.807) is 16.7 Å². The van der Waals surface area contributed by atoms with E-state index in [1.807, 2.05) is 25.7 Å². The smallest absolute Gasteiger partial charge is 0.410 e. The largest absolute Gasteiger partial charge is 0.444 e. The number of piperidine rings is 1. The van der Waals surface area contributed by atoms with Gasteiger partial charge in [0.1, 0.15) is 5.60 Å². The van der Waals surface area contributed by atoms with Crippen molar-refractivity contribution in [1.29, 1.82) is 0 Å². The van der Waals surface area contributed by atoms with Gasteiger partial charge in [-0.15, -0.1) is 0 Å². The fraction of sp³-hybridized carbons (Fsp3) is 0.833. The molecule has 2 saturated heterocycles. The Hall–Kier alpha value is -1.79. The second-order valence-corrected chi connectivity index (χ2v) is 7.95. The maximum Gasteiger partial charge on any atom is 0.410 e. The number of carbonyl (C=O) groups is 3. The first-order valence-corrected chi connectivity index (χ1v) is 9.19. The maximum atomic E-state index is 12.8. The van der Waals surface area contributed by atoms with Gasteiger partial charge in [0.2, 0.25) is 11.8 Å². The molecule has 2 heterocycles. The molecule has 2 rings (SSSR count). The first-order chi connectivity index (χ1) is 11.7. The van der Waals surface area contributed by atoms with E-state index in [2.05, 4.69) is 0 Å². The van der Waals surface area contributed by atoms with Gasteiger partial charge in [-0.05, 0) is 40.0 Å². The Kier molecular flexibility index (Phi) is 6.30. The van der Waals surface area contributed by atoms with Crippen LogP contribution in [0.3, 0.4) is 0 Å². The molecule has 0 aromatic heterocycles. The molecule has 3 amide bonds. The zero-order chi connectivity index (χ0) is 18.6. The summed E-state index contributed by atoms with van der Waals surface area (Å²) in [7, 11) is 0. The molecule has 0 saturated carbocycles. The van der Waals surface area contributed by atoms with Gasteiger partial charge in [0.15, 0.2) is 0 Å². The lowest BCUT2D eigenvalue weighted by Gasteiger charge is -2.34. The van der Waals surface area contributed by atoms with E-state index in [0.717, 1.165) is 25.8 Å². The van der Waals surface area contributed by atoms with Crippen LogP contribution in [0.4, 0.5) is 4.79 Å². The summed E-state index contributed by atoms with van der Waals surface area (Å²) in [5.74, 6) is 0.0205. The summed E-state index contributed by atoms with van der Waals surface area (Å²) >= 11 is 0. The normalized spacial score (nSPS) is 22.4. The van der Waals surface area contributed by atoms with Crippen LogP contribution < -0.4 is 0 Å². The molecule has 0 radical (unpaired) electrons. The summed E-state index contributed by atoms with van der Waals surface area (Å²) in [6.45, 7) is 10.6. The lowest BCUT2D eigenvalue weighted by molar-refractivity contribution is -0.140. The van der Waals surface area contributed by atoms with Crippen molar-refractivity contribution in [2.45, 2.75) is 52.6 Å². The van der Waals surface area contributed by atoms with Gasteiger partial charge < -0.3 is 19.4 Å². The van der Waals surface area contributed by atoms with Crippen LogP contribution in [0.2, 0.25) is 0 Å². The van der Waals surface area contributed by atoms with Crippen molar-refractivity contribution < 1.29 is 19.1 Å². The fourth-order valence-electron chi connectivity index (χ4n) is 3.37. The number of nitrogens with zero attached hydrogens (tertiary/aromatic N) is 3. The van der Waals surface area contributed by atoms with E-state index in [9.17, 15) is 14.4 Å². The van der Waals surface area contributed by atoms with Gasteiger partial charge in [-0.1, -0.05) is 0 Å². The molecule has 2 aliphatic rings. The van der Waals surface area contributed by atoms with Crippen LogP contribution in [0.15, 0.2) is 0 Å². The van der Waals surface area contributed by atoms with Crippen molar-refractivity contribution in [3.05, 3.63) is 0 Å². The van der Waals surface area contributed by atoms with Gasteiger partial charge in [-0.2, -0.15) is 0 Å². The number of amides is 3. The highest BCUT2D eigenvalue weighted by Gasteiger charge is 2.32. The van der Waals surface area contributed by atoms with Gasteiger partial charge in [-0.25, -0.2) is 4.79 Å². The SMILES string of the molecule is CC(=O)N1CCCC(C(=O)N2CCCN(C(=O)OC(C)(C)C)CC2)C1. The van der Waals surface area contributed by atoms with Crippen LogP contribution in [0, 0.1) is 5.92 Å². The predicted molar refractivity (Wildman–Crippen MR) is 94.0 cm³/mol. The van der Waals surface area contributed by atoms with Crippen molar-refractivity contribution in [3.8, 4) is 0 Å². The Balaban J connectivity index is 1.90. The summed E-state index contributed by atoms with van der Waals surface area (Å²) < 4.78 is 5.42. The molecule has 0 bridgehead atoms. The summed E-state index contributed by atoms with van der Waals surface area (Å²) in [5.41, 5.74) is -0.517. The second kappa shape index (κ2) is 8.06. The predicted octanol–water partition coefficient (Wildman–Crippen LogP) is 1.71. The van der Waals surface area contributed by atoms with E-state index in [-0.39, 0.29) is 23.8 Å². The molecule has 0 spiro atoms. The van der Waals surface area contributed by atoms with E-state index in [1.165, 1.54) is 0 Å². The standard InChI is InChI=1S/C18H31N3O4/c1-14(22)21-8-5-7-15(13-21)16(23)19-9-6-10-20(12-11-19)17(24)25-18(2,3)4/h15H,5-13H2,1-4H3. The molecule has 0 aromatic carbocycles. The van der Waals surface area contributed by atoms with Crippen molar-refractivity contribution >= 4 is 17.9 Å². The third kappa shape index (κ3) is 5.61. The Morgan fingerprint density at radius 1 is 0.880 bits per heavy atom. The third-order valence-corrected chi connectivity index (χ3v) is 4.68. The highest BCUT2D eigenvalue weighted by atomic mass is 16.6. The molecule has 7 heteroatoms. The van der Waals surface area contributed by atoms with Gasteiger partial charge in [0.25, 0.3) is 0 Å². The Morgan fingerprint density at radius 3 is 2.12 bits per heavy atom. The first-order valence-electron chi connectivity index (χ1n) is 9.19. The minimum absolute atomic E-state index is 0.0319. The van der Waals surface area contributed by atoms with Crippen molar-refractivity contribution in [3.63, 3.8) is 0 Å². The maximum absolute atomic E-state index is 12.8. The molecule has 25 heavy (non-hydrogen) atoms. The van der Waals surface area contributed by atoms with E-state index < -0.39 is 5.60 Å². The van der Waals surface area contributed by atoms with Crippen LogP contribution in [0.25, 0.3) is 0 Å². The molecule has 0 aromatic rings. The third-order valence-electron chi connectivity index (χ3n) is 4.68. The average molecular weight is 353 g/mol. The molecule has 7 nitrogen and oxygen atoms in total. The Bertz CT molecular complexity index is 515. The minimum Gasteiger partial charge on any atom is -0.444 e. The quantitative estimate of drug-likeness (QED) is 0.720. The number of hydrogen-bond donors (Lipinski definition) is 0. The number of carbonyl (C=O) groups excluding carboxylic acids is 3. The molecule has 142 valence electrons. The van der Waals surface area contributed by atoms with Crippen molar-refractivity contribution in [2.24, 2.45) is 5.92 Å². The first kappa shape index (κ1) is 19.5. The Labute approximate surface area is 150 Å². The second-order valence-electron chi connectivity index (χ2n) is 7.95. The monoisotopic (exact) mass is 353 g/mol. The number of hydrogen-bond acceptors (Lipinski definition) is 4. The van der Waals surface area contributed by atoms with Gasteiger partial charge >= 0.3 is 6.09 Å². The topological polar surface area (TPSA) is 70.2 Å². The van der Waals surface area contributed by atoms with Crippen LogP contribution in [0.5, 0.6) is 0 Å². The zero-order valence-corrected chi connectivity index (χ0v) is 15.9. The van der Waals surface area contributed by atoms with Gasteiger partial charge in [0, 0.05) is 46.2 Å². The van der Waals surface area contributed by atoms with Crippen molar-refractivity contribution in [1.82, 2.24) is 14.7 Å². The molecular formula is C18H31N3O4. The van der Waals surface area contributed by atoms with Crippen LogP contribution in [-0.4, -0.2) is 77.5 Å². The molecule has 0 N–H and O–H groups in total. The number of likely N-dealkylation sites (tertiary alicyclic amines) is 1. The Morgan fingerprint density at radius 2 is 1.48 bits per heavy atom. The molecule has 1 unspecified atom stereocenters. The summed E-state index contributed by atoms with van der Waals surface area (Å²) in [6.07, 6.45) is 2.12. The number of ether oxygens (including phenoxy) is 1. The highest BCUT2D eigenvalue weighted by molar-refractivity contribution is 5.81. The van der Waals surface area contributed by atoms with E-state index in [4.69, 9.17) is 4.74 Å². The molecule has 2 fully saturated rings. The molecule has 2 aliphatic heterocycles. The highest BCUT2D eigenvalue weighted by Crippen LogP contribution is 2.20. The van der Waals surface area contributed by atoms with Crippen LogP contribution in [-0.2, 0) is 14.3 Å². The van der Waals surface area contributed by atoms with Gasteiger partial charge in [-0.3, -0.25) is 9.59 Å². The average Bonchev–Trinajstić information content (AvgIpc) is 2.78. The van der Waals surface area contributed by atoms with Gasteiger partial charge in [0.05, 0.1) is 5.92 Å². The molecule has 1 atom stereocenters. The minimum atomic E-state index is -0.517. The van der Waals surface area contributed by atoms with E-state index >= 15 is 0 Å². The van der Waals surface area contributed by atoms with Crippen LogP contribution >= 0.6 is 0 Å². The summed E-state index contributed by atoms with van der Waals surface area (Å²) in [4.78, 5) is 41.9. The van der Waals surface area contributed by atoms with Crippen molar-refractivity contribution in [2.75, 3.05) is 39.3 Å². The lowest BCUT2D eigenvalue weighted by Crippen LogP contribution is -2.47. The zero-order valence-electron chi connectivity index (χ0n) is 15.9. The lowest BCUT2D eigenvalue weighted by atomic mass is 9.96. The van der Waals surface area contributed by atoms with E-state index in [0.29, 0.717) is 32.7 Å². The summed E-state index contributed by atoms with van der Waals surface area (Å²) in [5, 5.41) is 0. The number of rotatable bonds is 1. The summed E-state index contributed by atoms with van der Waals surface area (Å²) in [6, 6.07) is 0. The molecule has 0 aliphatic carbocycles. The molecular weight excluding hydrogens is 322 g/mol.